The van der Waals surface area contributed by atoms with Gasteiger partial charge in [-0.1, -0.05) is 36.8 Å². The Morgan fingerprint density at radius 3 is 2.32 bits per heavy atom. The summed E-state index contributed by atoms with van der Waals surface area (Å²) < 4.78 is 5.66. The van der Waals surface area contributed by atoms with Crippen molar-refractivity contribution in [1.82, 2.24) is 5.32 Å². The second-order valence-corrected chi connectivity index (χ2v) is 5.17. The Hall–Kier alpha value is -1.54. The monoisotopic (exact) mass is 257 g/mol. The van der Waals surface area contributed by atoms with Crippen LogP contribution >= 0.6 is 0 Å². The average molecular weight is 257 g/mol. The Labute approximate surface area is 115 Å². The standard InChI is InChI=1S/C17H23NO/c1-5-18-17(16-10-13(3)19-14(16)4)11-15-8-6-12(2)7-9-15/h6-10,17-18H,5,11H2,1-4H3. The molecule has 2 nitrogen and oxygen atoms in total. The first-order valence-electron chi connectivity index (χ1n) is 6.96. The van der Waals surface area contributed by atoms with Crippen LogP contribution in [0.3, 0.4) is 0 Å². The molecule has 2 rings (SSSR count). The van der Waals surface area contributed by atoms with E-state index < -0.39 is 0 Å². The highest BCUT2D eigenvalue weighted by atomic mass is 16.3. The van der Waals surface area contributed by atoms with Crippen molar-refractivity contribution in [3.05, 3.63) is 58.5 Å². The molecule has 0 amide bonds. The quantitative estimate of drug-likeness (QED) is 0.872. The summed E-state index contributed by atoms with van der Waals surface area (Å²) in [7, 11) is 0. The zero-order valence-electron chi connectivity index (χ0n) is 12.3. The number of aryl methyl sites for hydroxylation is 3. The number of benzene rings is 1. The third-order valence-electron chi connectivity index (χ3n) is 3.47. The fraction of sp³-hybridized carbons (Fsp3) is 0.412. The molecule has 0 saturated carbocycles. The Morgan fingerprint density at radius 1 is 1.11 bits per heavy atom. The van der Waals surface area contributed by atoms with Crippen molar-refractivity contribution in [2.24, 2.45) is 0 Å². The van der Waals surface area contributed by atoms with Gasteiger partial charge in [0, 0.05) is 11.6 Å². The topological polar surface area (TPSA) is 25.2 Å². The Bertz CT molecular complexity index is 525. The zero-order chi connectivity index (χ0) is 13.8. The molecule has 0 bridgehead atoms. The minimum atomic E-state index is 0.324. The van der Waals surface area contributed by atoms with Gasteiger partial charge in [0.25, 0.3) is 0 Å². The van der Waals surface area contributed by atoms with Crippen LogP contribution in [0.15, 0.2) is 34.7 Å². The minimum absolute atomic E-state index is 0.324. The summed E-state index contributed by atoms with van der Waals surface area (Å²) in [6, 6.07) is 11.2. The van der Waals surface area contributed by atoms with Crippen LogP contribution < -0.4 is 5.32 Å². The molecule has 0 radical (unpaired) electrons. The average Bonchev–Trinajstić information content (AvgIpc) is 2.71. The molecule has 0 aliphatic heterocycles. The largest absolute Gasteiger partial charge is 0.466 e. The fourth-order valence-corrected chi connectivity index (χ4v) is 2.49. The van der Waals surface area contributed by atoms with E-state index in [0.717, 1.165) is 24.5 Å². The number of nitrogens with one attached hydrogen (secondary N) is 1. The van der Waals surface area contributed by atoms with Crippen LogP contribution in [-0.2, 0) is 6.42 Å². The maximum atomic E-state index is 5.66. The van der Waals surface area contributed by atoms with Crippen LogP contribution in [0, 0.1) is 20.8 Å². The summed E-state index contributed by atoms with van der Waals surface area (Å²) in [5.74, 6) is 2.01. The van der Waals surface area contributed by atoms with Crippen LogP contribution in [0.5, 0.6) is 0 Å². The van der Waals surface area contributed by atoms with Gasteiger partial charge in [-0.05, 0) is 45.4 Å². The molecule has 0 aliphatic carbocycles. The Morgan fingerprint density at radius 2 is 1.79 bits per heavy atom. The lowest BCUT2D eigenvalue weighted by Crippen LogP contribution is -2.23. The lowest BCUT2D eigenvalue weighted by Gasteiger charge is -2.17. The van der Waals surface area contributed by atoms with Crippen molar-refractivity contribution in [3.8, 4) is 0 Å². The summed E-state index contributed by atoms with van der Waals surface area (Å²) in [6.07, 6.45) is 0.994. The first-order valence-corrected chi connectivity index (χ1v) is 6.96. The molecule has 1 atom stereocenters. The summed E-state index contributed by atoms with van der Waals surface area (Å²) in [5.41, 5.74) is 3.94. The van der Waals surface area contributed by atoms with Gasteiger partial charge >= 0.3 is 0 Å². The van der Waals surface area contributed by atoms with Crippen molar-refractivity contribution < 1.29 is 4.42 Å². The van der Waals surface area contributed by atoms with E-state index in [1.54, 1.807) is 0 Å². The smallest absolute Gasteiger partial charge is 0.105 e. The Kier molecular flexibility index (Phi) is 4.43. The highest BCUT2D eigenvalue weighted by molar-refractivity contribution is 5.28. The predicted molar refractivity (Wildman–Crippen MR) is 79.5 cm³/mol. The molecule has 19 heavy (non-hydrogen) atoms. The number of hydrogen-bond donors (Lipinski definition) is 1. The second-order valence-electron chi connectivity index (χ2n) is 5.17. The zero-order valence-corrected chi connectivity index (χ0v) is 12.3. The van der Waals surface area contributed by atoms with E-state index in [9.17, 15) is 0 Å². The van der Waals surface area contributed by atoms with E-state index in [1.807, 2.05) is 13.8 Å². The SMILES string of the molecule is CCNC(Cc1ccc(C)cc1)c1cc(C)oc1C. The van der Waals surface area contributed by atoms with E-state index in [0.29, 0.717) is 6.04 Å². The molecule has 1 heterocycles. The van der Waals surface area contributed by atoms with Gasteiger partial charge < -0.3 is 9.73 Å². The van der Waals surface area contributed by atoms with E-state index in [4.69, 9.17) is 4.42 Å². The molecular weight excluding hydrogens is 234 g/mol. The number of furan rings is 1. The molecule has 102 valence electrons. The van der Waals surface area contributed by atoms with Crippen LogP contribution in [0.1, 0.15) is 41.2 Å². The summed E-state index contributed by atoms with van der Waals surface area (Å²) in [6.45, 7) is 9.27. The molecule has 0 aliphatic rings. The van der Waals surface area contributed by atoms with E-state index in [-0.39, 0.29) is 0 Å². The van der Waals surface area contributed by atoms with Gasteiger partial charge in [0.1, 0.15) is 11.5 Å². The van der Waals surface area contributed by atoms with Gasteiger partial charge in [-0.3, -0.25) is 0 Å². The summed E-state index contributed by atoms with van der Waals surface area (Å²) >= 11 is 0. The third kappa shape index (κ3) is 3.48. The predicted octanol–water partition coefficient (Wildman–Crippen LogP) is 4.10. The van der Waals surface area contributed by atoms with Gasteiger partial charge in [-0.2, -0.15) is 0 Å². The fourth-order valence-electron chi connectivity index (χ4n) is 2.49. The van der Waals surface area contributed by atoms with E-state index in [2.05, 4.69) is 49.5 Å². The number of hydrogen-bond acceptors (Lipinski definition) is 2. The number of likely N-dealkylation sites (N-methyl/N-ethyl adjacent to an activating group) is 1. The van der Waals surface area contributed by atoms with Crippen LogP contribution in [0.25, 0.3) is 0 Å². The van der Waals surface area contributed by atoms with Crippen molar-refractivity contribution in [3.63, 3.8) is 0 Å². The van der Waals surface area contributed by atoms with Gasteiger partial charge in [0.05, 0.1) is 0 Å². The van der Waals surface area contributed by atoms with Gasteiger partial charge in [-0.15, -0.1) is 0 Å². The molecule has 2 aromatic rings. The van der Waals surface area contributed by atoms with Crippen LogP contribution in [0.2, 0.25) is 0 Å². The van der Waals surface area contributed by atoms with Crippen molar-refractivity contribution in [2.45, 2.75) is 40.2 Å². The maximum absolute atomic E-state index is 5.66. The van der Waals surface area contributed by atoms with E-state index >= 15 is 0 Å². The van der Waals surface area contributed by atoms with Gasteiger partial charge in [0.15, 0.2) is 0 Å². The lowest BCUT2D eigenvalue weighted by atomic mass is 9.98. The van der Waals surface area contributed by atoms with Crippen LogP contribution in [0.4, 0.5) is 0 Å². The van der Waals surface area contributed by atoms with Crippen LogP contribution in [-0.4, -0.2) is 6.54 Å². The molecule has 0 fully saturated rings. The molecule has 1 N–H and O–H groups in total. The van der Waals surface area contributed by atoms with E-state index in [1.165, 1.54) is 16.7 Å². The maximum Gasteiger partial charge on any atom is 0.105 e. The molecule has 2 heteroatoms. The lowest BCUT2D eigenvalue weighted by molar-refractivity contribution is 0.484. The highest BCUT2D eigenvalue weighted by Gasteiger charge is 2.16. The normalized spacial score (nSPS) is 12.6. The summed E-state index contributed by atoms with van der Waals surface area (Å²) in [4.78, 5) is 0. The van der Waals surface area contributed by atoms with Gasteiger partial charge in [0.2, 0.25) is 0 Å². The van der Waals surface area contributed by atoms with Crippen molar-refractivity contribution >= 4 is 0 Å². The second kappa shape index (κ2) is 6.07. The Balaban J connectivity index is 2.20. The molecule has 1 unspecified atom stereocenters. The minimum Gasteiger partial charge on any atom is -0.466 e. The highest BCUT2D eigenvalue weighted by Crippen LogP contribution is 2.24. The first-order chi connectivity index (χ1) is 9.10. The first kappa shape index (κ1) is 13.9. The van der Waals surface area contributed by atoms with Crippen molar-refractivity contribution in [1.29, 1.82) is 0 Å². The number of rotatable bonds is 5. The molecule has 1 aromatic carbocycles. The summed E-state index contributed by atoms with van der Waals surface area (Å²) in [5, 5.41) is 3.56. The molecule has 1 aromatic heterocycles. The molecular formula is C17H23NO. The molecule has 0 spiro atoms. The molecule has 0 saturated heterocycles. The third-order valence-corrected chi connectivity index (χ3v) is 3.47. The van der Waals surface area contributed by atoms with Gasteiger partial charge in [-0.25, -0.2) is 0 Å². The van der Waals surface area contributed by atoms with Crippen molar-refractivity contribution in [2.75, 3.05) is 6.54 Å².